The summed E-state index contributed by atoms with van der Waals surface area (Å²) in [6.45, 7) is 7.74. The van der Waals surface area contributed by atoms with Gasteiger partial charge in [-0.25, -0.2) is 0 Å². The molecule has 1 rings (SSSR count). The Morgan fingerprint density at radius 3 is 1.77 bits per heavy atom. The van der Waals surface area contributed by atoms with Crippen molar-refractivity contribution >= 4 is 5.97 Å². The molecule has 1 aromatic carbocycles. The average Bonchev–Trinajstić information content (AvgIpc) is 2.50. The lowest BCUT2D eigenvalue weighted by molar-refractivity contribution is -0.131. The maximum atomic E-state index is 10.4. The number of hydrogen-bond donors (Lipinski definition) is 2. The first-order valence-corrected chi connectivity index (χ1v) is 7.22. The fourth-order valence-corrected chi connectivity index (χ4v) is 1.09. The van der Waals surface area contributed by atoms with Crippen LogP contribution in [-0.4, -0.2) is 55.8 Å². The lowest BCUT2D eigenvalue weighted by Crippen LogP contribution is -2.03. The van der Waals surface area contributed by atoms with Crippen LogP contribution in [0.5, 0.6) is 5.75 Å². The lowest BCUT2D eigenvalue weighted by Gasteiger charge is -1.97. The number of benzene rings is 1. The highest BCUT2D eigenvalue weighted by molar-refractivity contribution is 5.69. The summed E-state index contributed by atoms with van der Waals surface area (Å²) in [6.07, 6.45) is 0. The quantitative estimate of drug-likeness (QED) is 0.452. The first kappa shape index (κ1) is 22.8. The van der Waals surface area contributed by atoms with Crippen molar-refractivity contribution < 1.29 is 29.2 Å². The Morgan fingerprint density at radius 1 is 0.955 bits per heavy atom. The number of carbonyl (C=O) groups excluding carboxylic acids is 1. The normalized spacial score (nSPS) is 8.95. The van der Waals surface area contributed by atoms with Crippen LogP contribution in [0.4, 0.5) is 0 Å². The largest absolute Gasteiger partial charge is 0.427 e. The van der Waals surface area contributed by atoms with Crippen LogP contribution in [0, 0.1) is 0 Å². The van der Waals surface area contributed by atoms with Crippen molar-refractivity contribution in [3.63, 3.8) is 0 Å². The predicted molar refractivity (Wildman–Crippen MR) is 84.9 cm³/mol. The highest BCUT2D eigenvalue weighted by atomic mass is 16.5. The zero-order valence-corrected chi connectivity index (χ0v) is 13.7. The van der Waals surface area contributed by atoms with Crippen molar-refractivity contribution in [1.82, 2.24) is 0 Å². The van der Waals surface area contributed by atoms with E-state index in [9.17, 15) is 4.79 Å². The molecule has 0 unspecified atom stereocenters. The number of ether oxygens (including phenoxy) is 3. The van der Waals surface area contributed by atoms with Gasteiger partial charge in [0.25, 0.3) is 0 Å². The van der Waals surface area contributed by atoms with Gasteiger partial charge < -0.3 is 24.4 Å². The Labute approximate surface area is 132 Å². The van der Waals surface area contributed by atoms with Crippen LogP contribution in [-0.2, 0) is 14.3 Å². The number of rotatable bonds is 7. The number of hydrogen-bond acceptors (Lipinski definition) is 6. The highest BCUT2D eigenvalue weighted by Crippen LogP contribution is 2.07. The molecule has 6 heteroatoms. The summed E-state index contributed by atoms with van der Waals surface area (Å²) >= 11 is 0. The third-order valence-corrected chi connectivity index (χ3v) is 1.88. The van der Waals surface area contributed by atoms with E-state index in [1.165, 1.54) is 6.92 Å². The Hall–Kier alpha value is -1.47. The predicted octanol–water partition coefficient (Wildman–Crippen LogP) is 1.64. The molecule has 0 saturated carbocycles. The van der Waals surface area contributed by atoms with Crippen molar-refractivity contribution in [3.05, 3.63) is 30.3 Å². The monoisotopic (exact) mass is 316 g/mol. The second kappa shape index (κ2) is 19.5. The summed E-state index contributed by atoms with van der Waals surface area (Å²) in [5.41, 5.74) is 0. The Balaban J connectivity index is 0. The number of carbonyl (C=O) groups is 1. The van der Waals surface area contributed by atoms with Gasteiger partial charge in [0, 0.05) is 20.1 Å². The minimum Gasteiger partial charge on any atom is -0.427 e. The molecule has 6 nitrogen and oxygen atoms in total. The van der Waals surface area contributed by atoms with Crippen LogP contribution in [0.25, 0.3) is 0 Å². The molecule has 2 N–H and O–H groups in total. The van der Waals surface area contributed by atoms with Gasteiger partial charge in [0.2, 0.25) is 0 Å². The molecule has 128 valence electrons. The topological polar surface area (TPSA) is 85.2 Å². The van der Waals surface area contributed by atoms with Gasteiger partial charge in [-0.1, -0.05) is 18.2 Å². The van der Waals surface area contributed by atoms with Crippen LogP contribution < -0.4 is 4.74 Å². The van der Waals surface area contributed by atoms with E-state index in [0.29, 0.717) is 19.0 Å². The van der Waals surface area contributed by atoms with Crippen LogP contribution in [0.2, 0.25) is 0 Å². The molecule has 0 fully saturated rings. The molecule has 0 amide bonds. The van der Waals surface area contributed by atoms with Gasteiger partial charge in [-0.2, -0.15) is 0 Å². The molecular formula is C16H28O6. The standard InChI is InChI=1S/C8H8O2.C4H10O3.C4H10O/c1-7(9)10-8-5-3-2-4-6-8;5-1-3-7-4-2-6;1-3-5-4-2/h2-6H,1H3;5-6H,1-4H2;3-4H2,1-2H3. The molecule has 0 bridgehead atoms. The van der Waals surface area contributed by atoms with Crippen molar-refractivity contribution in [2.45, 2.75) is 20.8 Å². The van der Waals surface area contributed by atoms with E-state index in [1.54, 1.807) is 12.1 Å². The van der Waals surface area contributed by atoms with Crippen LogP contribution >= 0.6 is 0 Å². The zero-order chi connectivity index (χ0) is 17.1. The second-order valence-corrected chi connectivity index (χ2v) is 3.75. The molecule has 0 aromatic heterocycles. The van der Waals surface area contributed by atoms with E-state index in [2.05, 4.69) is 4.74 Å². The smallest absolute Gasteiger partial charge is 0.308 e. The van der Waals surface area contributed by atoms with Crippen molar-refractivity contribution in [3.8, 4) is 5.75 Å². The number of para-hydroxylation sites is 1. The van der Waals surface area contributed by atoms with E-state index in [0.717, 1.165) is 13.2 Å². The molecule has 0 saturated heterocycles. The van der Waals surface area contributed by atoms with E-state index in [-0.39, 0.29) is 19.2 Å². The maximum absolute atomic E-state index is 10.4. The van der Waals surface area contributed by atoms with Gasteiger partial charge >= 0.3 is 5.97 Å². The molecule has 1 aromatic rings. The fraction of sp³-hybridized carbons (Fsp3) is 0.562. The third-order valence-electron chi connectivity index (χ3n) is 1.88. The lowest BCUT2D eigenvalue weighted by atomic mass is 10.3. The van der Waals surface area contributed by atoms with Gasteiger partial charge in [-0.15, -0.1) is 0 Å². The summed E-state index contributed by atoms with van der Waals surface area (Å²) in [4.78, 5) is 10.4. The van der Waals surface area contributed by atoms with E-state index in [1.807, 2.05) is 32.0 Å². The molecule has 0 aliphatic heterocycles. The average molecular weight is 316 g/mol. The zero-order valence-electron chi connectivity index (χ0n) is 13.7. The molecule has 0 radical (unpaired) electrons. The fourth-order valence-electron chi connectivity index (χ4n) is 1.09. The van der Waals surface area contributed by atoms with Gasteiger partial charge in [-0.3, -0.25) is 4.79 Å². The first-order chi connectivity index (χ1) is 10.6. The second-order valence-electron chi connectivity index (χ2n) is 3.75. The molecule has 0 aliphatic carbocycles. The van der Waals surface area contributed by atoms with Gasteiger partial charge in [0.1, 0.15) is 5.75 Å². The molecule has 0 spiro atoms. The SMILES string of the molecule is CC(=O)Oc1ccccc1.CCOCC.OCCOCCO. The van der Waals surface area contributed by atoms with E-state index < -0.39 is 0 Å². The summed E-state index contributed by atoms with van der Waals surface area (Å²) in [6, 6.07) is 8.98. The Bertz CT molecular complexity index is 323. The van der Waals surface area contributed by atoms with Crippen LogP contribution in [0.3, 0.4) is 0 Å². The van der Waals surface area contributed by atoms with E-state index in [4.69, 9.17) is 19.7 Å². The highest BCUT2D eigenvalue weighted by Gasteiger charge is 1.92. The molecular weight excluding hydrogens is 288 g/mol. The molecule has 22 heavy (non-hydrogen) atoms. The summed E-state index contributed by atoms with van der Waals surface area (Å²) in [5.74, 6) is 0.307. The van der Waals surface area contributed by atoms with Crippen LogP contribution in [0.1, 0.15) is 20.8 Å². The van der Waals surface area contributed by atoms with Gasteiger partial charge in [-0.05, 0) is 26.0 Å². The molecule has 0 aliphatic rings. The van der Waals surface area contributed by atoms with Crippen molar-refractivity contribution in [2.24, 2.45) is 0 Å². The Kier molecular flexibility index (Phi) is 20.2. The molecule has 0 atom stereocenters. The van der Waals surface area contributed by atoms with Crippen molar-refractivity contribution in [1.29, 1.82) is 0 Å². The number of aliphatic hydroxyl groups excluding tert-OH is 2. The minimum atomic E-state index is -0.286. The van der Waals surface area contributed by atoms with E-state index >= 15 is 0 Å². The molecule has 0 heterocycles. The van der Waals surface area contributed by atoms with Gasteiger partial charge in [0.05, 0.1) is 26.4 Å². The summed E-state index contributed by atoms with van der Waals surface area (Å²) in [7, 11) is 0. The Morgan fingerprint density at radius 2 is 1.45 bits per heavy atom. The summed E-state index contributed by atoms with van der Waals surface area (Å²) in [5, 5.41) is 16.2. The number of esters is 1. The number of aliphatic hydroxyl groups is 2. The summed E-state index contributed by atoms with van der Waals surface area (Å²) < 4.78 is 14.2. The van der Waals surface area contributed by atoms with Gasteiger partial charge in [0.15, 0.2) is 0 Å². The minimum absolute atomic E-state index is 0.0278. The first-order valence-electron chi connectivity index (χ1n) is 7.22. The maximum Gasteiger partial charge on any atom is 0.308 e. The third kappa shape index (κ3) is 20.8. The van der Waals surface area contributed by atoms with Crippen molar-refractivity contribution in [2.75, 3.05) is 39.6 Å². The van der Waals surface area contributed by atoms with Crippen LogP contribution in [0.15, 0.2) is 30.3 Å².